The second kappa shape index (κ2) is 8.38. The number of amides is 1. The highest BCUT2D eigenvalue weighted by molar-refractivity contribution is 6.38. The number of hydrogen-bond donors (Lipinski definition) is 2. The number of aromatic nitrogens is 2. The summed E-state index contributed by atoms with van der Waals surface area (Å²) in [6.45, 7) is 0. The Hall–Kier alpha value is -4.49. The molecule has 1 amide bonds. The summed E-state index contributed by atoms with van der Waals surface area (Å²) >= 11 is 6.17. The third kappa shape index (κ3) is 3.82. The van der Waals surface area contributed by atoms with Gasteiger partial charge in [0.2, 0.25) is 0 Å². The van der Waals surface area contributed by atoms with Crippen molar-refractivity contribution in [2.24, 2.45) is 7.05 Å². The predicted molar refractivity (Wildman–Crippen MR) is 136 cm³/mol. The summed E-state index contributed by atoms with van der Waals surface area (Å²) in [5.74, 6) is 1.81. The Bertz CT molecular complexity index is 1540. The topological polar surface area (TPSA) is 77.4 Å². The summed E-state index contributed by atoms with van der Waals surface area (Å²) in [5.41, 5.74) is 5.15. The van der Waals surface area contributed by atoms with E-state index in [2.05, 4.69) is 15.6 Å². The van der Waals surface area contributed by atoms with Crippen LogP contribution in [0.1, 0.15) is 11.1 Å². The Morgan fingerprint density at radius 2 is 1.80 bits per heavy atom. The molecule has 8 heteroatoms. The zero-order valence-electron chi connectivity index (χ0n) is 18.6. The van der Waals surface area contributed by atoms with Crippen LogP contribution in [0.15, 0.2) is 85.6 Å². The van der Waals surface area contributed by atoms with Gasteiger partial charge in [-0.25, -0.2) is 4.98 Å². The fourth-order valence-electron chi connectivity index (χ4n) is 4.22. The maximum absolute atomic E-state index is 13.2. The molecule has 0 saturated carbocycles. The highest BCUT2D eigenvalue weighted by Gasteiger charge is 2.29. The Kier molecular flexibility index (Phi) is 5.04. The van der Waals surface area contributed by atoms with Crippen LogP contribution in [0.3, 0.4) is 0 Å². The molecule has 0 saturated heterocycles. The molecular weight excluding hydrogens is 464 g/mol. The molecule has 0 spiro atoms. The summed E-state index contributed by atoms with van der Waals surface area (Å²) in [6.07, 6.45) is 6.63. The van der Waals surface area contributed by atoms with Gasteiger partial charge in [-0.05, 0) is 54.6 Å². The Morgan fingerprint density at radius 3 is 2.57 bits per heavy atom. The molecule has 7 nitrogen and oxygen atoms in total. The molecular formula is C27H19ClN4O3. The van der Waals surface area contributed by atoms with Crippen LogP contribution >= 0.6 is 11.6 Å². The van der Waals surface area contributed by atoms with Gasteiger partial charge in [-0.1, -0.05) is 17.7 Å². The van der Waals surface area contributed by atoms with Gasteiger partial charge in [0.05, 0.1) is 17.0 Å². The van der Waals surface area contributed by atoms with E-state index in [1.807, 2.05) is 66.3 Å². The first-order valence-electron chi connectivity index (χ1n) is 10.9. The van der Waals surface area contributed by atoms with Crippen LogP contribution in [0.4, 0.5) is 11.4 Å². The first kappa shape index (κ1) is 21.1. The van der Waals surface area contributed by atoms with Gasteiger partial charge in [0, 0.05) is 46.8 Å². The van der Waals surface area contributed by atoms with Gasteiger partial charge in [-0.3, -0.25) is 4.79 Å². The molecule has 1 aromatic heterocycles. The monoisotopic (exact) mass is 482 g/mol. The first-order chi connectivity index (χ1) is 17.1. The molecule has 0 fully saturated rings. The van der Waals surface area contributed by atoms with Crippen LogP contribution < -0.4 is 20.1 Å². The molecule has 3 heterocycles. The van der Waals surface area contributed by atoms with Gasteiger partial charge in [0.15, 0.2) is 11.5 Å². The van der Waals surface area contributed by atoms with Gasteiger partial charge < -0.3 is 24.7 Å². The quantitative estimate of drug-likeness (QED) is 0.353. The zero-order chi connectivity index (χ0) is 23.9. The number of nitrogens with one attached hydrogen (secondary N) is 2. The number of aryl methyl sites for hydroxylation is 1. The number of anilines is 2. The molecule has 0 aliphatic carbocycles. The van der Waals surface area contributed by atoms with E-state index in [0.717, 1.165) is 28.2 Å². The molecule has 6 rings (SSSR count). The van der Waals surface area contributed by atoms with E-state index >= 15 is 0 Å². The molecule has 172 valence electrons. The average molecular weight is 483 g/mol. The minimum Gasteiger partial charge on any atom is -0.458 e. The number of carbonyl (C=O) groups is 1. The summed E-state index contributed by atoms with van der Waals surface area (Å²) in [4.78, 5) is 17.6. The maximum Gasteiger partial charge on any atom is 0.258 e. The van der Waals surface area contributed by atoms with E-state index in [0.29, 0.717) is 33.5 Å². The van der Waals surface area contributed by atoms with Gasteiger partial charge in [0.1, 0.15) is 18.3 Å². The van der Waals surface area contributed by atoms with Gasteiger partial charge in [0.25, 0.3) is 5.91 Å². The normalized spacial score (nSPS) is 15.0. The van der Waals surface area contributed by atoms with Gasteiger partial charge in [-0.15, -0.1) is 0 Å². The minimum absolute atomic E-state index is 0.218. The highest BCUT2D eigenvalue weighted by Crippen LogP contribution is 2.41. The van der Waals surface area contributed by atoms with Crippen LogP contribution in [0.2, 0.25) is 5.02 Å². The van der Waals surface area contributed by atoms with Crippen LogP contribution in [0, 0.1) is 0 Å². The lowest BCUT2D eigenvalue weighted by molar-refractivity contribution is -0.110. The fraction of sp³-hybridized carbons (Fsp3) is 0.0370. The van der Waals surface area contributed by atoms with Crippen molar-refractivity contribution in [1.82, 2.24) is 9.55 Å². The highest BCUT2D eigenvalue weighted by atomic mass is 35.5. The van der Waals surface area contributed by atoms with E-state index in [4.69, 9.17) is 21.1 Å². The average Bonchev–Trinajstić information content (AvgIpc) is 3.44. The number of ether oxygens (including phenoxy) is 2. The third-order valence-corrected chi connectivity index (χ3v) is 6.12. The van der Waals surface area contributed by atoms with E-state index in [1.54, 1.807) is 18.3 Å². The van der Waals surface area contributed by atoms with Crippen LogP contribution in [0.25, 0.3) is 22.7 Å². The molecule has 3 aromatic carbocycles. The van der Waals surface area contributed by atoms with E-state index in [9.17, 15) is 4.79 Å². The number of carbonyl (C=O) groups excluding carboxylic acids is 1. The number of fused-ring (bicyclic) bond motifs is 2. The number of hydrogen-bond acceptors (Lipinski definition) is 5. The van der Waals surface area contributed by atoms with Crippen molar-refractivity contribution in [2.75, 3.05) is 10.6 Å². The molecule has 2 N–H and O–H groups in total. The standard InChI is InChI=1S/C27H19ClN4O3/c1-32-11-10-29-26(32)16-2-6-19(7-3-16)30-25(17-4-9-22-23(14-17)35-13-12-34-22)24-20-8-5-18(28)15-21(20)31-27(24)33/h2-15,30H,1H3,(H,31,33). The maximum atomic E-state index is 13.2. The molecule has 0 atom stereocenters. The number of rotatable bonds is 4. The molecule has 0 radical (unpaired) electrons. The lowest BCUT2D eigenvalue weighted by atomic mass is 9.99. The molecule has 0 unspecified atom stereocenters. The summed E-state index contributed by atoms with van der Waals surface area (Å²) in [5, 5.41) is 6.93. The van der Waals surface area contributed by atoms with Crippen molar-refractivity contribution >= 4 is 40.2 Å². The van der Waals surface area contributed by atoms with Crippen molar-refractivity contribution < 1.29 is 14.3 Å². The van der Waals surface area contributed by atoms with Gasteiger partial charge in [-0.2, -0.15) is 0 Å². The van der Waals surface area contributed by atoms with Crippen LogP contribution in [-0.2, 0) is 11.8 Å². The number of nitrogens with zero attached hydrogens (tertiary/aromatic N) is 2. The lowest BCUT2D eigenvalue weighted by Crippen LogP contribution is -2.10. The first-order valence-corrected chi connectivity index (χ1v) is 11.3. The lowest BCUT2D eigenvalue weighted by Gasteiger charge is -2.18. The second-order valence-electron chi connectivity index (χ2n) is 8.13. The van der Waals surface area contributed by atoms with E-state index in [-0.39, 0.29) is 5.91 Å². The van der Waals surface area contributed by atoms with Crippen LogP contribution in [0.5, 0.6) is 11.5 Å². The number of benzene rings is 3. The molecule has 4 aromatic rings. The molecule has 2 aliphatic rings. The smallest absolute Gasteiger partial charge is 0.258 e. The summed E-state index contributed by atoms with van der Waals surface area (Å²) in [7, 11) is 1.95. The number of halogens is 1. The van der Waals surface area contributed by atoms with Crippen molar-refractivity contribution in [3.63, 3.8) is 0 Å². The molecule has 35 heavy (non-hydrogen) atoms. The van der Waals surface area contributed by atoms with E-state index < -0.39 is 0 Å². The second-order valence-corrected chi connectivity index (χ2v) is 8.56. The largest absolute Gasteiger partial charge is 0.458 e. The summed E-state index contributed by atoms with van der Waals surface area (Å²) < 4.78 is 13.1. The van der Waals surface area contributed by atoms with Crippen molar-refractivity contribution in [1.29, 1.82) is 0 Å². The van der Waals surface area contributed by atoms with Gasteiger partial charge >= 0.3 is 0 Å². The van der Waals surface area contributed by atoms with Crippen molar-refractivity contribution in [3.8, 4) is 22.9 Å². The predicted octanol–water partition coefficient (Wildman–Crippen LogP) is 5.92. The Morgan fingerprint density at radius 1 is 1.00 bits per heavy atom. The third-order valence-electron chi connectivity index (χ3n) is 5.89. The van der Waals surface area contributed by atoms with Crippen molar-refractivity contribution in [3.05, 3.63) is 102 Å². The molecule has 2 aliphatic heterocycles. The van der Waals surface area contributed by atoms with Crippen LogP contribution in [-0.4, -0.2) is 15.5 Å². The fourth-order valence-corrected chi connectivity index (χ4v) is 4.39. The Labute approximate surface area is 206 Å². The summed E-state index contributed by atoms with van der Waals surface area (Å²) in [6, 6.07) is 18.8. The zero-order valence-corrected chi connectivity index (χ0v) is 19.3. The SMILES string of the molecule is Cn1ccnc1-c1ccc(NC(=C2C(=O)Nc3cc(Cl)ccc32)c2ccc3c(c2)OC=CO3)cc1. The number of imidazole rings is 1. The molecule has 0 bridgehead atoms. The Balaban J connectivity index is 1.46. The van der Waals surface area contributed by atoms with E-state index in [1.165, 1.54) is 12.5 Å². The minimum atomic E-state index is -0.218. The van der Waals surface area contributed by atoms with Crippen molar-refractivity contribution in [2.45, 2.75) is 0 Å².